The van der Waals surface area contributed by atoms with Crippen molar-refractivity contribution in [3.8, 4) is 0 Å². The Morgan fingerprint density at radius 3 is 2.87 bits per heavy atom. The molecule has 0 spiro atoms. The second-order valence-electron chi connectivity index (χ2n) is 3.25. The second-order valence-corrected chi connectivity index (χ2v) is 3.61. The van der Waals surface area contributed by atoms with Gasteiger partial charge in [0.05, 0.1) is 24.5 Å². The van der Waals surface area contributed by atoms with Crippen LogP contribution in [-0.2, 0) is 4.74 Å². The Kier molecular flexibility index (Phi) is 3.18. The maximum atomic E-state index is 10.9. The Morgan fingerprint density at radius 1 is 1.47 bits per heavy atom. The highest BCUT2D eigenvalue weighted by molar-refractivity contribution is 6.32. The largest absolute Gasteiger partial charge is 0.378 e. The standard InChI is InChI=1S/C10H11ClN2O2/c11-10-8(7-14)9(1-2-12-10)13-3-5-15-6-4-13/h1-2,7H,3-6H2. The number of carbonyl (C=O) groups is 1. The van der Waals surface area contributed by atoms with E-state index in [9.17, 15) is 4.79 Å². The molecule has 1 aliphatic rings. The van der Waals surface area contributed by atoms with E-state index >= 15 is 0 Å². The zero-order chi connectivity index (χ0) is 10.7. The maximum absolute atomic E-state index is 10.9. The molecule has 1 fully saturated rings. The Labute approximate surface area is 92.8 Å². The van der Waals surface area contributed by atoms with Crippen molar-refractivity contribution in [2.45, 2.75) is 0 Å². The Morgan fingerprint density at radius 2 is 2.20 bits per heavy atom. The number of anilines is 1. The molecule has 0 radical (unpaired) electrons. The van der Waals surface area contributed by atoms with Gasteiger partial charge in [-0.15, -0.1) is 0 Å². The molecule has 0 amide bonds. The van der Waals surface area contributed by atoms with Crippen molar-refractivity contribution in [3.05, 3.63) is 23.0 Å². The summed E-state index contributed by atoms with van der Waals surface area (Å²) in [4.78, 5) is 16.9. The van der Waals surface area contributed by atoms with Crippen molar-refractivity contribution in [1.29, 1.82) is 0 Å². The monoisotopic (exact) mass is 226 g/mol. The van der Waals surface area contributed by atoms with Crippen LogP contribution in [0.4, 0.5) is 5.69 Å². The van der Waals surface area contributed by atoms with E-state index in [1.165, 1.54) is 0 Å². The third-order valence-electron chi connectivity index (χ3n) is 2.39. The van der Waals surface area contributed by atoms with Crippen LogP contribution >= 0.6 is 11.6 Å². The summed E-state index contributed by atoms with van der Waals surface area (Å²) < 4.78 is 5.25. The first-order valence-electron chi connectivity index (χ1n) is 4.75. The first kappa shape index (κ1) is 10.4. The number of ether oxygens (including phenoxy) is 1. The van der Waals surface area contributed by atoms with Gasteiger partial charge >= 0.3 is 0 Å². The van der Waals surface area contributed by atoms with Gasteiger partial charge in [0, 0.05) is 19.3 Å². The van der Waals surface area contributed by atoms with Gasteiger partial charge in [-0.3, -0.25) is 4.79 Å². The number of pyridine rings is 1. The highest BCUT2D eigenvalue weighted by Gasteiger charge is 2.16. The highest BCUT2D eigenvalue weighted by atomic mass is 35.5. The minimum absolute atomic E-state index is 0.258. The van der Waals surface area contributed by atoms with Gasteiger partial charge in [-0.2, -0.15) is 0 Å². The Hall–Kier alpha value is -1.13. The van der Waals surface area contributed by atoms with Crippen LogP contribution < -0.4 is 4.90 Å². The van der Waals surface area contributed by atoms with E-state index in [1.54, 1.807) is 12.3 Å². The summed E-state index contributed by atoms with van der Waals surface area (Å²) in [5.74, 6) is 0. The van der Waals surface area contributed by atoms with Crippen molar-refractivity contribution in [2.24, 2.45) is 0 Å². The lowest BCUT2D eigenvalue weighted by Crippen LogP contribution is -2.36. The lowest BCUT2D eigenvalue weighted by Gasteiger charge is -2.29. The average molecular weight is 227 g/mol. The van der Waals surface area contributed by atoms with Crippen LogP contribution in [-0.4, -0.2) is 37.6 Å². The summed E-state index contributed by atoms with van der Waals surface area (Å²) in [7, 11) is 0. The van der Waals surface area contributed by atoms with Crippen molar-refractivity contribution in [1.82, 2.24) is 4.98 Å². The number of hydrogen-bond acceptors (Lipinski definition) is 4. The van der Waals surface area contributed by atoms with Gasteiger partial charge in [0.15, 0.2) is 6.29 Å². The summed E-state index contributed by atoms with van der Waals surface area (Å²) >= 11 is 5.85. The Balaban J connectivity index is 2.33. The first-order chi connectivity index (χ1) is 7.33. The van der Waals surface area contributed by atoms with Crippen LogP contribution in [0, 0.1) is 0 Å². The molecule has 0 bridgehead atoms. The zero-order valence-electron chi connectivity index (χ0n) is 8.15. The van der Waals surface area contributed by atoms with Crippen LogP contribution in [0.25, 0.3) is 0 Å². The molecule has 1 aromatic heterocycles. The van der Waals surface area contributed by atoms with Gasteiger partial charge in [0.2, 0.25) is 0 Å². The molecule has 0 unspecified atom stereocenters. The van der Waals surface area contributed by atoms with E-state index in [0.717, 1.165) is 25.1 Å². The normalized spacial score (nSPS) is 16.5. The lowest BCUT2D eigenvalue weighted by atomic mass is 10.2. The van der Waals surface area contributed by atoms with E-state index in [-0.39, 0.29) is 5.15 Å². The van der Waals surface area contributed by atoms with Gasteiger partial charge < -0.3 is 9.64 Å². The molecule has 1 aromatic rings. The van der Waals surface area contributed by atoms with Gasteiger partial charge in [0.1, 0.15) is 5.15 Å². The first-order valence-corrected chi connectivity index (χ1v) is 5.13. The maximum Gasteiger partial charge on any atom is 0.155 e. The quantitative estimate of drug-likeness (QED) is 0.565. The minimum atomic E-state index is 0.258. The van der Waals surface area contributed by atoms with E-state index < -0.39 is 0 Å². The molecule has 0 aromatic carbocycles. The number of aromatic nitrogens is 1. The van der Waals surface area contributed by atoms with Gasteiger partial charge in [-0.25, -0.2) is 4.98 Å². The van der Waals surface area contributed by atoms with E-state index in [2.05, 4.69) is 9.88 Å². The van der Waals surface area contributed by atoms with Crippen LogP contribution in [0.1, 0.15) is 10.4 Å². The van der Waals surface area contributed by atoms with Crippen LogP contribution in [0.3, 0.4) is 0 Å². The SMILES string of the molecule is O=Cc1c(N2CCOCC2)ccnc1Cl. The van der Waals surface area contributed by atoms with E-state index in [0.29, 0.717) is 18.8 Å². The highest BCUT2D eigenvalue weighted by Crippen LogP contribution is 2.24. The summed E-state index contributed by atoms with van der Waals surface area (Å²) in [5.41, 5.74) is 1.30. The second kappa shape index (κ2) is 4.59. The number of aldehydes is 1. The smallest absolute Gasteiger partial charge is 0.155 e. The zero-order valence-corrected chi connectivity index (χ0v) is 8.91. The van der Waals surface area contributed by atoms with Gasteiger partial charge in [-0.1, -0.05) is 11.6 Å². The number of nitrogens with zero attached hydrogens (tertiary/aromatic N) is 2. The van der Waals surface area contributed by atoms with E-state index in [1.807, 2.05) is 0 Å². The Bertz CT molecular complexity index is 364. The summed E-state index contributed by atoms with van der Waals surface area (Å²) in [6.45, 7) is 2.92. The fourth-order valence-corrected chi connectivity index (χ4v) is 1.83. The fraction of sp³-hybridized carbons (Fsp3) is 0.400. The number of hydrogen-bond donors (Lipinski definition) is 0. The van der Waals surface area contributed by atoms with Crippen molar-refractivity contribution >= 4 is 23.6 Å². The molecule has 1 aliphatic heterocycles. The van der Waals surface area contributed by atoms with Crippen molar-refractivity contribution in [3.63, 3.8) is 0 Å². The van der Waals surface area contributed by atoms with E-state index in [4.69, 9.17) is 16.3 Å². The summed E-state index contributed by atoms with van der Waals surface area (Å²) in [6, 6.07) is 1.81. The molecule has 0 saturated carbocycles. The molecule has 0 N–H and O–H groups in total. The van der Waals surface area contributed by atoms with Crippen LogP contribution in [0.15, 0.2) is 12.3 Å². The van der Waals surface area contributed by atoms with Crippen molar-refractivity contribution in [2.75, 3.05) is 31.2 Å². The van der Waals surface area contributed by atoms with Crippen LogP contribution in [0.5, 0.6) is 0 Å². The molecule has 0 aliphatic carbocycles. The third-order valence-corrected chi connectivity index (χ3v) is 2.69. The minimum Gasteiger partial charge on any atom is -0.378 e. The average Bonchev–Trinajstić information content (AvgIpc) is 2.30. The number of halogens is 1. The predicted octanol–water partition coefficient (Wildman–Crippen LogP) is 1.38. The van der Waals surface area contributed by atoms with Gasteiger partial charge in [-0.05, 0) is 6.07 Å². The molecule has 80 valence electrons. The molecule has 15 heavy (non-hydrogen) atoms. The molecular weight excluding hydrogens is 216 g/mol. The fourth-order valence-electron chi connectivity index (χ4n) is 1.63. The molecule has 2 heterocycles. The number of carbonyl (C=O) groups excluding carboxylic acids is 1. The number of rotatable bonds is 2. The topological polar surface area (TPSA) is 42.4 Å². The van der Waals surface area contributed by atoms with Gasteiger partial charge in [0.25, 0.3) is 0 Å². The molecule has 5 heteroatoms. The summed E-state index contributed by atoms with van der Waals surface area (Å²) in [6.07, 6.45) is 2.36. The molecular formula is C10H11ClN2O2. The molecule has 1 saturated heterocycles. The molecule has 2 rings (SSSR count). The molecule has 4 nitrogen and oxygen atoms in total. The third kappa shape index (κ3) is 2.11. The summed E-state index contributed by atoms with van der Waals surface area (Å²) in [5, 5.41) is 0.258. The number of morpholine rings is 1. The predicted molar refractivity (Wildman–Crippen MR) is 57.7 cm³/mol. The van der Waals surface area contributed by atoms with Crippen molar-refractivity contribution < 1.29 is 9.53 Å². The lowest BCUT2D eigenvalue weighted by molar-refractivity contribution is 0.111. The molecule has 0 atom stereocenters. The van der Waals surface area contributed by atoms with Crippen LogP contribution in [0.2, 0.25) is 5.15 Å².